The Hall–Kier alpha value is -3.82. The molecule has 222 valence electrons. The number of aromatic nitrogens is 2. The van der Waals surface area contributed by atoms with Crippen molar-refractivity contribution in [1.29, 1.82) is 0 Å². The Morgan fingerprint density at radius 2 is 1.46 bits per heavy atom. The number of rotatable bonds is 11. The van der Waals surface area contributed by atoms with Gasteiger partial charge in [-0.3, -0.25) is 18.9 Å². The summed E-state index contributed by atoms with van der Waals surface area (Å²) < 4.78 is 88.1. The van der Waals surface area contributed by atoms with Gasteiger partial charge in [0.25, 0.3) is 12.0 Å². The third-order valence-corrected chi connectivity index (χ3v) is 7.34. The van der Waals surface area contributed by atoms with Crippen LogP contribution in [0.3, 0.4) is 0 Å². The monoisotopic (exact) mass is 604 g/mol. The Morgan fingerprint density at radius 1 is 0.976 bits per heavy atom. The molecular weight excluding hydrogens is 580 g/mol. The first kappa shape index (κ1) is 30.1. The molecule has 0 bridgehead atoms. The third kappa shape index (κ3) is 6.26. The molecule has 13 nitrogen and oxygen atoms in total. The van der Waals surface area contributed by atoms with Crippen molar-refractivity contribution in [3.8, 4) is 23.0 Å². The second-order valence-corrected chi connectivity index (χ2v) is 10.1. The van der Waals surface area contributed by atoms with Crippen molar-refractivity contribution < 1.29 is 55.7 Å². The molecule has 2 unspecified atom stereocenters. The Morgan fingerprint density at radius 3 is 1.93 bits per heavy atom. The van der Waals surface area contributed by atoms with Crippen LogP contribution in [0.1, 0.15) is 6.23 Å². The lowest BCUT2D eigenvalue weighted by molar-refractivity contribution is -0.193. The maximum absolute atomic E-state index is 14.5. The number of aromatic amines is 1. The molecule has 4 atom stereocenters. The van der Waals surface area contributed by atoms with Crippen LogP contribution in [0.5, 0.6) is 23.0 Å². The zero-order valence-electron chi connectivity index (χ0n) is 21.3. The number of alkyl halides is 2. The van der Waals surface area contributed by atoms with Gasteiger partial charge < -0.3 is 33.5 Å². The van der Waals surface area contributed by atoms with Gasteiger partial charge in [-0.1, -0.05) is 0 Å². The highest BCUT2D eigenvalue weighted by molar-refractivity contribution is 7.49. The first-order valence-electron chi connectivity index (χ1n) is 11.7. The van der Waals surface area contributed by atoms with Gasteiger partial charge in [0.1, 0.15) is 35.2 Å². The van der Waals surface area contributed by atoms with Gasteiger partial charge in [-0.25, -0.2) is 18.1 Å². The van der Waals surface area contributed by atoms with E-state index in [9.17, 15) is 37.5 Å². The third-order valence-electron chi connectivity index (χ3n) is 6.03. The summed E-state index contributed by atoms with van der Waals surface area (Å²) in [6.45, 7) is -1.41. The summed E-state index contributed by atoms with van der Waals surface area (Å²) >= 11 is 0. The molecule has 3 aromatic rings. The van der Waals surface area contributed by atoms with E-state index < -0.39 is 62.0 Å². The fourth-order valence-corrected chi connectivity index (χ4v) is 5.09. The zero-order valence-corrected chi connectivity index (χ0v) is 22.2. The van der Waals surface area contributed by atoms with Gasteiger partial charge >= 0.3 is 13.5 Å². The molecule has 0 radical (unpaired) electrons. The van der Waals surface area contributed by atoms with E-state index in [-0.39, 0.29) is 16.1 Å². The van der Waals surface area contributed by atoms with Crippen molar-refractivity contribution in [2.75, 3.05) is 20.8 Å². The van der Waals surface area contributed by atoms with Gasteiger partial charge in [-0.05, 0) is 48.5 Å². The lowest BCUT2D eigenvalue weighted by Gasteiger charge is -2.31. The second kappa shape index (κ2) is 12.0. The number of nitrogens with zero attached hydrogens (tertiary/aromatic N) is 1. The molecule has 17 heteroatoms. The fourth-order valence-electron chi connectivity index (χ4n) is 3.83. The van der Waals surface area contributed by atoms with Crippen LogP contribution in [0.2, 0.25) is 0 Å². The lowest BCUT2D eigenvalue weighted by Crippen LogP contribution is -2.52. The first-order chi connectivity index (χ1) is 19.4. The zero-order chi connectivity index (χ0) is 29.9. The molecule has 3 N–H and O–H groups in total. The molecule has 1 saturated heterocycles. The first-order valence-corrected chi connectivity index (χ1v) is 13.1. The molecule has 0 aliphatic carbocycles. The Labute approximate surface area is 229 Å². The number of aliphatic hydroxyl groups excluding tert-OH is 2. The molecule has 2 aromatic carbocycles. The lowest BCUT2D eigenvalue weighted by atomic mass is 9.96. The van der Waals surface area contributed by atoms with Crippen molar-refractivity contribution in [2.24, 2.45) is 0 Å². The number of nitrogens with one attached hydrogen (secondary N) is 1. The smallest absolute Gasteiger partial charge is 0.497 e. The Bertz CT molecular complexity index is 1460. The number of hydrogen-bond donors (Lipinski definition) is 3. The summed E-state index contributed by atoms with van der Waals surface area (Å²) in [4.78, 5) is 25.1. The van der Waals surface area contributed by atoms with E-state index in [2.05, 4.69) is 0 Å². The average Bonchev–Trinajstić information content (AvgIpc) is 3.21. The summed E-state index contributed by atoms with van der Waals surface area (Å²) in [5, 5.41) is 21.1. The van der Waals surface area contributed by atoms with Crippen LogP contribution in [-0.2, 0) is 13.8 Å². The molecule has 2 heterocycles. The predicted molar refractivity (Wildman–Crippen MR) is 133 cm³/mol. The number of halogens is 3. The van der Waals surface area contributed by atoms with Crippen molar-refractivity contribution in [1.82, 2.24) is 9.55 Å². The largest absolute Gasteiger partial charge is 0.587 e. The van der Waals surface area contributed by atoms with Crippen LogP contribution in [0.15, 0.2) is 64.3 Å². The number of ether oxygens (including phenoxy) is 3. The quantitative estimate of drug-likeness (QED) is 0.275. The topological polar surface area (TPSA) is 168 Å². The molecule has 41 heavy (non-hydrogen) atoms. The van der Waals surface area contributed by atoms with E-state index in [1.807, 2.05) is 0 Å². The number of hydrogen-bond acceptors (Lipinski definition) is 11. The summed E-state index contributed by atoms with van der Waals surface area (Å²) in [7, 11) is -2.06. The maximum atomic E-state index is 14.5. The van der Waals surface area contributed by atoms with E-state index in [1.54, 1.807) is 4.98 Å². The number of H-pyrrole nitrogens is 1. The van der Waals surface area contributed by atoms with Crippen LogP contribution in [-0.4, -0.2) is 64.8 Å². The van der Waals surface area contributed by atoms with Gasteiger partial charge in [0.15, 0.2) is 11.8 Å². The highest BCUT2D eigenvalue weighted by Crippen LogP contribution is 2.52. The number of methoxy groups -OCH3 is 2. The number of benzene rings is 2. The molecule has 1 fully saturated rings. The Balaban J connectivity index is 1.65. The van der Waals surface area contributed by atoms with E-state index >= 15 is 0 Å². The summed E-state index contributed by atoms with van der Waals surface area (Å²) in [6, 6.07) is 11.1. The van der Waals surface area contributed by atoms with E-state index in [1.165, 1.54) is 62.8 Å². The SMILES string of the molecule is COc1ccc(OP(=O)(OC[C@]2(C(F)F)O[C@H](n3cc(F)c(=O)[nH]c3=O)C(O)C2O)Oc2ccc(OC)cc2)cc1. The second-order valence-electron chi connectivity index (χ2n) is 8.60. The van der Waals surface area contributed by atoms with E-state index in [0.717, 1.165) is 0 Å². The minimum Gasteiger partial charge on any atom is -0.497 e. The average molecular weight is 604 g/mol. The summed E-state index contributed by atoms with van der Waals surface area (Å²) in [5.41, 5.74) is -5.86. The van der Waals surface area contributed by atoms with Crippen LogP contribution in [0, 0.1) is 5.82 Å². The van der Waals surface area contributed by atoms with Gasteiger partial charge in [0.05, 0.1) is 27.0 Å². The molecule has 1 aliphatic heterocycles. The highest BCUT2D eigenvalue weighted by atomic mass is 31.2. The van der Waals surface area contributed by atoms with Crippen LogP contribution in [0.4, 0.5) is 13.2 Å². The molecule has 0 amide bonds. The maximum Gasteiger partial charge on any atom is 0.587 e. The molecule has 4 rings (SSSR count). The molecular formula is C24H24F3N2O11P. The minimum atomic E-state index is -4.87. The normalized spacial score (nSPS) is 22.5. The predicted octanol–water partition coefficient (Wildman–Crippen LogP) is 2.23. The van der Waals surface area contributed by atoms with Crippen molar-refractivity contribution >= 4 is 7.82 Å². The van der Waals surface area contributed by atoms with Crippen molar-refractivity contribution in [3.05, 3.63) is 81.4 Å². The molecule has 1 aromatic heterocycles. The Kier molecular flexibility index (Phi) is 8.80. The van der Waals surface area contributed by atoms with E-state index in [0.29, 0.717) is 17.7 Å². The van der Waals surface area contributed by atoms with Gasteiger partial charge in [-0.15, -0.1) is 0 Å². The highest BCUT2D eigenvalue weighted by Gasteiger charge is 2.62. The van der Waals surface area contributed by atoms with E-state index in [4.69, 9.17) is 27.8 Å². The van der Waals surface area contributed by atoms with Gasteiger partial charge in [-0.2, -0.15) is 4.39 Å². The molecule has 0 saturated carbocycles. The fraction of sp³-hybridized carbons (Fsp3) is 0.333. The number of phosphoric acid groups is 1. The van der Waals surface area contributed by atoms with Gasteiger partial charge in [0.2, 0.25) is 5.82 Å². The summed E-state index contributed by atoms with van der Waals surface area (Å²) in [5.74, 6) is -0.842. The van der Waals surface area contributed by atoms with Gasteiger partial charge in [0, 0.05) is 0 Å². The molecule has 0 spiro atoms. The van der Waals surface area contributed by atoms with Crippen molar-refractivity contribution in [2.45, 2.75) is 30.5 Å². The number of phosphoric ester groups is 1. The van der Waals surface area contributed by atoms with Crippen molar-refractivity contribution in [3.63, 3.8) is 0 Å². The minimum absolute atomic E-state index is 0.0881. The van der Waals surface area contributed by atoms with Crippen LogP contribution < -0.4 is 29.8 Å². The van der Waals surface area contributed by atoms with Crippen LogP contribution in [0.25, 0.3) is 0 Å². The number of aliphatic hydroxyl groups is 2. The summed E-state index contributed by atoms with van der Waals surface area (Å²) in [6.07, 6.45) is -10.1. The van der Waals surface area contributed by atoms with Crippen LogP contribution >= 0.6 is 7.82 Å². The molecule has 1 aliphatic rings. The standard InChI is InChI=1S/C24H24F3N2O11P/c1-35-13-3-7-15(8-4-13)39-41(34,40-16-9-5-14(36-2)6-10-16)37-12-24(22(26)27)19(31)18(30)21(38-24)29-11-17(25)20(32)28-23(29)33/h3-11,18-19,21-22,30-31H,12H2,1-2H3,(H,28,32,33)/t18?,19?,21-,24-/m0/s1.